The van der Waals surface area contributed by atoms with Gasteiger partial charge in [-0.15, -0.1) is 0 Å². The maximum atomic E-state index is 12.8. The van der Waals surface area contributed by atoms with Crippen LogP contribution < -0.4 is 19.7 Å². The zero-order valence-electron chi connectivity index (χ0n) is 19.2. The summed E-state index contributed by atoms with van der Waals surface area (Å²) in [7, 11) is -2.27. The molecule has 0 bridgehead atoms. The van der Waals surface area contributed by atoms with Gasteiger partial charge in [-0.05, 0) is 74.5 Å². The molecule has 3 aromatic carbocycles. The fraction of sp³-hybridized carbons (Fsp3) is 0.200. The van der Waals surface area contributed by atoms with Crippen molar-refractivity contribution in [2.24, 2.45) is 0 Å². The lowest BCUT2D eigenvalue weighted by molar-refractivity contribution is -0.115. The molecule has 3 aromatic rings. The first kappa shape index (κ1) is 24.8. The van der Waals surface area contributed by atoms with Crippen LogP contribution in [0.25, 0.3) is 0 Å². The van der Waals surface area contributed by atoms with Gasteiger partial charge >= 0.3 is 0 Å². The lowest BCUT2D eigenvalue weighted by atomic mass is 10.2. The number of carbonyl (C=O) groups is 2. The van der Waals surface area contributed by atoms with E-state index in [4.69, 9.17) is 4.74 Å². The average Bonchev–Trinajstić information content (AvgIpc) is 2.84. The average molecular weight is 482 g/mol. The van der Waals surface area contributed by atoms with E-state index in [1.54, 1.807) is 60.7 Å². The molecule has 9 heteroatoms. The van der Waals surface area contributed by atoms with Gasteiger partial charge in [0.1, 0.15) is 5.75 Å². The fourth-order valence-electron chi connectivity index (χ4n) is 3.10. The molecular weight excluding hydrogens is 454 g/mol. The fourth-order valence-corrected chi connectivity index (χ4v) is 4.29. The Morgan fingerprint density at radius 3 is 2.12 bits per heavy atom. The Kier molecular flexibility index (Phi) is 7.91. The van der Waals surface area contributed by atoms with Crippen molar-refractivity contribution >= 4 is 33.2 Å². The monoisotopic (exact) mass is 481 g/mol. The van der Waals surface area contributed by atoms with Crippen LogP contribution in [0.3, 0.4) is 0 Å². The molecule has 8 nitrogen and oxygen atoms in total. The minimum absolute atomic E-state index is 0.181. The molecule has 0 radical (unpaired) electrons. The van der Waals surface area contributed by atoms with Crippen molar-refractivity contribution < 1.29 is 22.7 Å². The second-order valence-corrected chi connectivity index (χ2v) is 9.49. The number of ether oxygens (including phenoxy) is 1. The predicted molar refractivity (Wildman–Crippen MR) is 132 cm³/mol. The lowest BCUT2D eigenvalue weighted by Crippen LogP contribution is -2.33. The molecule has 2 amide bonds. The molecule has 0 saturated heterocycles. The van der Waals surface area contributed by atoms with Crippen LogP contribution in [-0.4, -0.2) is 40.4 Å². The highest BCUT2D eigenvalue weighted by Crippen LogP contribution is 2.23. The van der Waals surface area contributed by atoms with E-state index in [1.165, 1.54) is 19.2 Å². The van der Waals surface area contributed by atoms with Crippen LogP contribution in [0.5, 0.6) is 5.75 Å². The van der Waals surface area contributed by atoms with E-state index in [9.17, 15) is 18.0 Å². The first-order chi connectivity index (χ1) is 16.2. The highest BCUT2D eigenvalue weighted by molar-refractivity contribution is 7.92. The molecule has 0 saturated carbocycles. The largest absolute Gasteiger partial charge is 0.494 e. The number of amides is 2. The predicted octanol–water partition coefficient (Wildman–Crippen LogP) is 3.59. The standard InChI is InChI=1S/C25H27N3O5S/c1-4-33-22-13-9-20(10-14-22)27-24(29)17-26-25(30)19-7-11-21(12-8-19)28(3)34(31,32)23-15-5-18(2)6-16-23/h5-16H,4,17H2,1-3H3,(H,26,30)(H,27,29). The van der Waals surface area contributed by atoms with E-state index in [2.05, 4.69) is 10.6 Å². The van der Waals surface area contributed by atoms with E-state index >= 15 is 0 Å². The third kappa shape index (κ3) is 6.14. The molecule has 3 rings (SSSR count). The normalized spacial score (nSPS) is 10.9. The summed E-state index contributed by atoms with van der Waals surface area (Å²) < 4.78 is 32.2. The van der Waals surface area contributed by atoms with Gasteiger partial charge in [-0.2, -0.15) is 0 Å². The van der Waals surface area contributed by atoms with Crippen molar-refractivity contribution in [3.63, 3.8) is 0 Å². The summed E-state index contributed by atoms with van der Waals surface area (Å²) in [4.78, 5) is 24.7. The Morgan fingerprint density at radius 1 is 0.912 bits per heavy atom. The Hall–Kier alpha value is -3.85. The Morgan fingerprint density at radius 2 is 1.53 bits per heavy atom. The van der Waals surface area contributed by atoms with Gasteiger partial charge in [-0.1, -0.05) is 17.7 Å². The number of carbonyl (C=O) groups excluding carboxylic acids is 2. The van der Waals surface area contributed by atoms with E-state index < -0.39 is 15.9 Å². The molecule has 0 aromatic heterocycles. The van der Waals surface area contributed by atoms with Gasteiger partial charge < -0.3 is 15.4 Å². The third-order valence-electron chi connectivity index (χ3n) is 5.03. The Bertz CT molecular complexity index is 1240. The maximum Gasteiger partial charge on any atom is 0.264 e. The molecule has 0 aliphatic rings. The quantitative estimate of drug-likeness (QED) is 0.486. The van der Waals surface area contributed by atoms with Crippen LogP contribution in [0.15, 0.2) is 77.7 Å². The van der Waals surface area contributed by atoms with Crippen molar-refractivity contribution in [3.8, 4) is 5.75 Å². The highest BCUT2D eigenvalue weighted by Gasteiger charge is 2.21. The first-order valence-corrected chi connectivity index (χ1v) is 12.1. The maximum absolute atomic E-state index is 12.8. The van der Waals surface area contributed by atoms with Crippen LogP contribution in [0, 0.1) is 6.92 Å². The topological polar surface area (TPSA) is 105 Å². The lowest BCUT2D eigenvalue weighted by Gasteiger charge is -2.20. The van der Waals surface area contributed by atoms with Gasteiger partial charge in [0.05, 0.1) is 23.7 Å². The molecule has 0 aliphatic carbocycles. The molecule has 0 aliphatic heterocycles. The van der Waals surface area contributed by atoms with Crippen molar-refractivity contribution in [3.05, 3.63) is 83.9 Å². The Balaban J connectivity index is 1.57. The van der Waals surface area contributed by atoms with Crippen molar-refractivity contribution in [1.82, 2.24) is 5.32 Å². The number of nitrogens with one attached hydrogen (secondary N) is 2. The summed E-state index contributed by atoms with van der Waals surface area (Å²) in [5.41, 5.74) is 2.26. The number of hydrogen-bond donors (Lipinski definition) is 2. The molecule has 178 valence electrons. The van der Waals surface area contributed by atoms with E-state index in [1.807, 2.05) is 13.8 Å². The molecule has 0 fully saturated rings. The van der Waals surface area contributed by atoms with Gasteiger partial charge in [0.2, 0.25) is 5.91 Å². The van der Waals surface area contributed by atoms with Crippen molar-refractivity contribution in [1.29, 1.82) is 0 Å². The van der Waals surface area contributed by atoms with Gasteiger partial charge in [0, 0.05) is 18.3 Å². The van der Waals surface area contributed by atoms with Crippen LogP contribution in [0.4, 0.5) is 11.4 Å². The zero-order valence-corrected chi connectivity index (χ0v) is 20.1. The summed E-state index contributed by atoms with van der Waals surface area (Å²) in [6.45, 7) is 4.11. The number of hydrogen-bond acceptors (Lipinski definition) is 5. The summed E-state index contributed by atoms with van der Waals surface area (Å²) >= 11 is 0. The van der Waals surface area contributed by atoms with Crippen LogP contribution in [0.2, 0.25) is 0 Å². The van der Waals surface area contributed by atoms with E-state index in [0.29, 0.717) is 29.3 Å². The number of nitrogens with zero attached hydrogens (tertiary/aromatic N) is 1. The SMILES string of the molecule is CCOc1ccc(NC(=O)CNC(=O)c2ccc(N(C)S(=O)(=O)c3ccc(C)cc3)cc2)cc1. The van der Waals surface area contributed by atoms with Crippen molar-refractivity contribution in [2.45, 2.75) is 18.7 Å². The minimum Gasteiger partial charge on any atom is -0.494 e. The molecule has 0 spiro atoms. The molecule has 34 heavy (non-hydrogen) atoms. The molecule has 0 heterocycles. The summed E-state index contributed by atoms with van der Waals surface area (Å²) in [5, 5.41) is 5.25. The summed E-state index contributed by atoms with van der Waals surface area (Å²) in [5.74, 6) is -0.120. The number of aryl methyl sites for hydroxylation is 1. The van der Waals surface area contributed by atoms with Crippen molar-refractivity contribution in [2.75, 3.05) is 29.8 Å². The van der Waals surface area contributed by atoms with E-state index in [0.717, 1.165) is 9.87 Å². The van der Waals surface area contributed by atoms with Crippen LogP contribution in [0.1, 0.15) is 22.8 Å². The molecule has 0 atom stereocenters. The van der Waals surface area contributed by atoms with Crippen LogP contribution >= 0.6 is 0 Å². The number of anilines is 2. The number of benzene rings is 3. The van der Waals surface area contributed by atoms with Crippen LogP contribution in [-0.2, 0) is 14.8 Å². The highest BCUT2D eigenvalue weighted by atomic mass is 32.2. The van der Waals surface area contributed by atoms with Gasteiger partial charge in [0.25, 0.3) is 15.9 Å². The molecule has 2 N–H and O–H groups in total. The number of sulfonamides is 1. The number of rotatable bonds is 9. The van der Waals surface area contributed by atoms with Gasteiger partial charge in [-0.3, -0.25) is 13.9 Å². The van der Waals surface area contributed by atoms with Gasteiger partial charge in [-0.25, -0.2) is 8.42 Å². The minimum atomic E-state index is -3.73. The summed E-state index contributed by atoms with van der Waals surface area (Å²) in [6.07, 6.45) is 0. The van der Waals surface area contributed by atoms with E-state index in [-0.39, 0.29) is 17.3 Å². The molecule has 0 unspecified atom stereocenters. The molecular formula is C25H27N3O5S. The third-order valence-corrected chi connectivity index (χ3v) is 6.83. The zero-order chi connectivity index (χ0) is 24.7. The summed E-state index contributed by atoms with van der Waals surface area (Å²) in [6, 6.07) is 19.6. The Labute approximate surface area is 199 Å². The van der Waals surface area contributed by atoms with Gasteiger partial charge in [0.15, 0.2) is 0 Å². The second-order valence-electron chi connectivity index (χ2n) is 7.52. The second kappa shape index (κ2) is 10.8. The first-order valence-electron chi connectivity index (χ1n) is 10.7. The smallest absolute Gasteiger partial charge is 0.264 e.